The molecule has 2 aromatic rings. The minimum absolute atomic E-state index is 0.0157. The van der Waals surface area contributed by atoms with Crippen LogP contribution in [0, 0.1) is 18.6 Å². The molecular weight excluding hydrogens is 558 g/mol. The van der Waals surface area contributed by atoms with Gasteiger partial charge >= 0.3 is 0 Å². The molecule has 0 saturated carbocycles. The van der Waals surface area contributed by atoms with Crippen LogP contribution in [0.4, 0.5) is 8.78 Å². The van der Waals surface area contributed by atoms with Gasteiger partial charge in [0, 0.05) is 63.8 Å². The smallest absolute Gasteiger partial charge is 0.253 e. The number of nitrogens with zero attached hydrogens (tertiary/aromatic N) is 2. The number of aliphatic hydroxyl groups is 1. The molecule has 0 aliphatic rings. The van der Waals surface area contributed by atoms with Gasteiger partial charge in [0.2, 0.25) is 11.8 Å². The zero-order valence-corrected chi connectivity index (χ0v) is 25.7. The minimum atomic E-state index is -1.20. The highest BCUT2D eigenvalue weighted by atomic mass is 19.1. The van der Waals surface area contributed by atoms with E-state index in [1.807, 2.05) is 13.8 Å². The quantitative estimate of drug-likeness (QED) is 0.271. The molecule has 0 radical (unpaired) electrons. The summed E-state index contributed by atoms with van der Waals surface area (Å²) in [6.45, 7) is 6.96. The number of amides is 4. The maximum atomic E-state index is 13.9. The van der Waals surface area contributed by atoms with Crippen LogP contribution >= 0.6 is 0 Å². The van der Waals surface area contributed by atoms with Crippen LogP contribution in [0.5, 0.6) is 0 Å². The molecule has 0 aromatic heterocycles. The first kappa shape index (κ1) is 35.3. The van der Waals surface area contributed by atoms with Crippen molar-refractivity contribution in [2.45, 2.75) is 71.4 Å². The second-order valence-corrected chi connectivity index (χ2v) is 10.9. The molecule has 0 aliphatic heterocycles. The minimum Gasteiger partial charge on any atom is -0.391 e. The fourth-order valence-electron chi connectivity index (χ4n) is 4.69. The highest BCUT2D eigenvalue weighted by Crippen LogP contribution is 2.16. The van der Waals surface area contributed by atoms with Gasteiger partial charge in [0.05, 0.1) is 12.1 Å². The molecule has 2 rings (SSSR count). The number of benzene rings is 2. The second kappa shape index (κ2) is 17.3. The number of carbonyl (C=O) groups excluding carboxylic acids is 4. The normalized spacial score (nSPS) is 12.3. The van der Waals surface area contributed by atoms with Crippen LogP contribution < -0.4 is 10.6 Å². The van der Waals surface area contributed by atoms with E-state index in [9.17, 15) is 33.1 Å². The Kier molecular flexibility index (Phi) is 14.2. The lowest BCUT2D eigenvalue weighted by Gasteiger charge is -2.25. The Morgan fingerprint density at radius 1 is 0.884 bits per heavy atom. The molecule has 9 nitrogen and oxygen atoms in total. The van der Waals surface area contributed by atoms with Crippen molar-refractivity contribution in [2.75, 3.05) is 33.7 Å². The maximum Gasteiger partial charge on any atom is 0.253 e. The summed E-state index contributed by atoms with van der Waals surface area (Å²) in [7, 11) is 3.19. The summed E-state index contributed by atoms with van der Waals surface area (Å²) in [5, 5.41) is 16.4. The molecule has 0 aliphatic carbocycles. The molecule has 0 unspecified atom stereocenters. The zero-order chi connectivity index (χ0) is 32.1. The number of hydrogen-bond acceptors (Lipinski definition) is 5. The predicted octanol–water partition coefficient (Wildman–Crippen LogP) is 3.61. The van der Waals surface area contributed by atoms with Crippen molar-refractivity contribution in [1.82, 2.24) is 20.4 Å². The Morgan fingerprint density at radius 2 is 1.49 bits per heavy atom. The molecule has 3 N–H and O–H groups in total. The summed E-state index contributed by atoms with van der Waals surface area (Å²) in [5.74, 6) is -2.89. The van der Waals surface area contributed by atoms with Gasteiger partial charge in [0.25, 0.3) is 11.8 Å². The van der Waals surface area contributed by atoms with E-state index in [1.165, 1.54) is 11.0 Å². The van der Waals surface area contributed by atoms with Crippen LogP contribution in [0.1, 0.15) is 77.8 Å². The number of halogens is 2. The largest absolute Gasteiger partial charge is 0.391 e. The number of rotatable bonds is 16. The molecule has 0 fully saturated rings. The number of carbonyl (C=O) groups is 4. The van der Waals surface area contributed by atoms with Crippen molar-refractivity contribution >= 4 is 23.6 Å². The predicted molar refractivity (Wildman–Crippen MR) is 161 cm³/mol. The monoisotopic (exact) mass is 602 g/mol. The number of aryl methyl sites for hydroxylation is 1. The Morgan fingerprint density at radius 3 is 2.07 bits per heavy atom. The van der Waals surface area contributed by atoms with Gasteiger partial charge in [-0.2, -0.15) is 0 Å². The molecule has 0 spiro atoms. The summed E-state index contributed by atoms with van der Waals surface area (Å²) in [5.41, 5.74) is 1.50. The molecule has 0 heterocycles. The molecule has 2 aromatic carbocycles. The number of nitrogens with one attached hydrogen (secondary N) is 2. The Hall–Kier alpha value is -3.86. The summed E-state index contributed by atoms with van der Waals surface area (Å²) < 4.78 is 27.8. The molecule has 236 valence electrons. The van der Waals surface area contributed by atoms with Gasteiger partial charge in [-0.1, -0.05) is 13.8 Å². The van der Waals surface area contributed by atoms with Crippen molar-refractivity contribution < 1.29 is 33.1 Å². The molecule has 0 saturated heterocycles. The fraction of sp³-hybridized carbons (Fsp3) is 0.500. The van der Waals surface area contributed by atoms with Gasteiger partial charge < -0.3 is 25.5 Å². The molecule has 4 amide bonds. The Labute approximate surface area is 252 Å². The highest BCUT2D eigenvalue weighted by molar-refractivity contribution is 6.00. The van der Waals surface area contributed by atoms with Gasteiger partial charge in [0.1, 0.15) is 11.6 Å². The fourth-order valence-corrected chi connectivity index (χ4v) is 4.69. The van der Waals surface area contributed by atoms with Gasteiger partial charge in [-0.05, 0) is 74.1 Å². The number of hydrogen-bond donors (Lipinski definition) is 3. The van der Waals surface area contributed by atoms with E-state index in [1.54, 1.807) is 38.1 Å². The lowest BCUT2D eigenvalue weighted by atomic mass is 9.97. The maximum absolute atomic E-state index is 13.9. The van der Waals surface area contributed by atoms with Crippen molar-refractivity contribution in [1.29, 1.82) is 0 Å². The van der Waals surface area contributed by atoms with Crippen LogP contribution in [-0.2, 0) is 16.0 Å². The zero-order valence-electron chi connectivity index (χ0n) is 25.7. The first-order chi connectivity index (χ1) is 20.3. The van der Waals surface area contributed by atoms with E-state index < -0.39 is 29.7 Å². The van der Waals surface area contributed by atoms with Crippen LogP contribution in [0.3, 0.4) is 0 Å². The third-order valence-corrected chi connectivity index (χ3v) is 6.85. The lowest BCUT2D eigenvalue weighted by Crippen LogP contribution is -2.46. The van der Waals surface area contributed by atoms with Gasteiger partial charge in [0.15, 0.2) is 0 Å². The Balaban J connectivity index is 2.21. The van der Waals surface area contributed by atoms with Crippen LogP contribution in [0.15, 0.2) is 36.4 Å². The molecule has 43 heavy (non-hydrogen) atoms. The van der Waals surface area contributed by atoms with Crippen molar-refractivity contribution in [3.05, 3.63) is 70.3 Å². The summed E-state index contributed by atoms with van der Waals surface area (Å²) in [6, 6.07) is 6.84. The molecule has 0 bridgehead atoms. The van der Waals surface area contributed by atoms with Crippen LogP contribution in [0.2, 0.25) is 0 Å². The van der Waals surface area contributed by atoms with Crippen LogP contribution in [0.25, 0.3) is 0 Å². The van der Waals surface area contributed by atoms with E-state index in [0.717, 1.165) is 31.0 Å². The number of aliphatic hydroxyl groups excluding tert-OH is 1. The van der Waals surface area contributed by atoms with Crippen LogP contribution in [-0.4, -0.2) is 84.4 Å². The summed E-state index contributed by atoms with van der Waals surface area (Å²) in [6.07, 6.45) is 0.343. The van der Waals surface area contributed by atoms with E-state index in [-0.39, 0.29) is 61.1 Å². The van der Waals surface area contributed by atoms with E-state index in [0.29, 0.717) is 24.2 Å². The first-order valence-electron chi connectivity index (χ1n) is 14.7. The second-order valence-electron chi connectivity index (χ2n) is 10.9. The van der Waals surface area contributed by atoms with E-state index in [4.69, 9.17) is 0 Å². The standard InChI is InChI=1S/C32H44F2N4O5/c1-6-12-38(13-7-2)32(43)24-15-21(3)14-23(19-24)31(42)36-27(18-22-16-25(33)20-26(34)17-22)28(39)10-11-35-29(40)8-9-30(41)37(4)5/h14-17,19-20,27-28,39H,6-13,18H2,1-5H3,(H,35,40)(H,36,42)/t27-,28-/m0/s1. The average molecular weight is 603 g/mol. The molecule has 11 heteroatoms. The van der Waals surface area contributed by atoms with Crippen molar-refractivity contribution in [2.24, 2.45) is 0 Å². The molecule has 2 atom stereocenters. The topological polar surface area (TPSA) is 119 Å². The average Bonchev–Trinajstić information content (AvgIpc) is 2.93. The van der Waals surface area contributed by atoms with Gasteiger partial charge in [-0.3, -0.25) is 19.2 Å². The molecular formula is C32H44F2N4O5. The summed E-state index contributed by atoms with van der Waals surface area (Å²) in [4.78, 5) is 53.6. The SMILES string of the molecule is CCCN(CCC)C(=O)c1cc(C)cc(C(=O)N[C@@H](Cc2cc(F)cc(F)c2)[C@@H](O)CCNC(=O)CCC(=O)N(C)C)c1. The van der Waals surface area contributed by atoms with Crippen molar-refractivity contribution in [3.8, 4) is 0 Å². The lowest BCUT2D eigenvalue weighted by molar-refractivity contribution is -0.131. The van der Waals surface area contributed by atoms with Gasteiger partial charge in [-0.25, -0.2) is 8.78 Å². The van der Waals surface area contributed by atoms with E-state index >= 15 is 0 Å². The third kappa shape index (κ3) is 11.7. The van der Waals surface area contributed by atoms with Gasteiger partial charge in [-0.15, -0.1) is 0 Å². The van der Waals surface area contributed by atoms with Crippen molar-refractivity contribution in [3.63, 3.8) is 0 Å². The third-order valence-electron chi connectivity index (χ3n) is 6.85. The van der Waals surface area contributed by atoms with E-state index in [2.05, 4.69) is 10.6 Å². The summed E-state index contributed by atoms with van der Waals surface area (Å²) >= 11 is 0. The Bertz CT molecular complexity index is 1240. The first-order valence-corrected chi connectivity index (χ1v) is 14.7. The highest BCUT2D eigenvalue weighted by Gasteiger charge is 2.24.